The van der Waals surface area contributed by atoms with Gasteiger partial charge in [0, 0.05) is 69.4 Å². The summed E-state index contributed by atoms with van der Waals surface area (Å²) in [5.74, 6) is -15.7. The number of benzene rings is 6. The van der Waals surface area contributed by atoms with Gasteiger partial charge in [-0.15, -0.1) is 0 Å². The predicted octanol–water partition coefficient (Wildman–Crippen LogP) is 1.77. The molecule has 24 N–H and O–H groups in total. The molecule has 7 amide bonds. The number of nitrogens with two attached hydrogens (primary N) is 2. The number of aromatic hydroxyl groups is 3. The number of carboxylic acid groups (broad SMARTS) is 1. The molecule has 8 aliphatic rings. The highest BCUT2D eigenvalue weighted by atomic mass is 35.5. The van der Waals surface area contributed by atoms with Gasteiger partial charge in [0.2, 0.25) is 53.4 Å². The molecule has 14 rings (SSSR count). The van der Waals surface area contributed by atoms with E-state index in [-0.39, 0.29) is 36.4 Å². The van der Waals surface area contributed by atoms with Gasteiger partial charge in [0.25, 0.3) is 0 Å². The number of rotatable bonds is 22. The second-order valence-corrected chi connectivity index (χ2v) is 34.0. The Labute approximate surface area is 731 Å². The normalized spacial score (nSPS) is 29.9. The Morgan fingerprint density at radius 2 is 1.28 bits per heavy atom. The number of carboxylic acids is 1. The van der Waals surface area contributed by atoms with Gasteiger partial charge in [-0.05, 0) is 128 Å². The minimum atomic E-state index is -2.42. The predicted molar refractivity (Wildman–Crippen MR) is 440 cm³/mol. The molecular formula is C81H94Cl4N10O28S. The summed E-state index contributed by atoms with van der Waals surface area (Å²) in [5.41, 5.74) is 8.70. The maximum Gasteiger partial charge on any atom is 0.330 e. The molecule has 3 unspecified atom stereocenters. The highest BCUT2D eigenvalue weighted by Crippen LogP contribution is 2.50. The highest BCUT2D eigenvalue weighted by molar-refractivity contribution is 7.98. The fraction of sp³-hybridized carbons (Fsp3) is 0.457. The van der Waals surface area contributed by atoms with Crippen LogP contribution < -0.4 is 68.2 Å². The van der Waals surface area contributed by atoms with Gasteiger partial charge in [-0.1, -0.05) is 84.5 Å². The largest absolute Gasteiger partial charge is 0.508 e. The van der Waals surface area contributed by atoms with Gasteiger partial charge in [0.05, 0.1) is 41.3 Å². The van der Waals surface area contributed by atoms with E-state index in [1.165, 1.54) is 44.8 Å². The van der Waals surface area contributed by atoms with Gasteiger partial charge >= 0.3 is 5.97 Å². The second kappa shape index (κ2) is 39.7. The van der Waals surface area contributed by atoms with Crippen molar-refractivity contribution in [2.75, 3.05) is 32.5 Å². The molecule has 8 heterocycles. The van der Waals surface area contributed by atoms with Crippen LogP contribution in [0.5, 0.6) is 46.0 Å². The number of carbonyl (C=O) groups excluding carboxylic acids is 7. The third-order valence-corrected chi connectivity index (χ3v) is 24.1. The maximum atomic E-state index is 16.4. The highest BCUT2D eigenvalue weighted by Gasteiger charge is 2.53. The number of hydrogen-bond acceptors (Lipinski definition) is 31. The first-order valence-electron chi connectivity index (χ1n) is 39.1. The molecule has 43 heteroatoms. The zero-order valence-electron chi connectivity index (χ0n) is 66.6. The third-order valence-electron chi connectivity index (χ3n) is 21.8. The van der Waals surface area contributed by atoms with Crippen LogP contribution in [0, 0.1) is 5.92 Å². The summed E-state index contributed by atoms with van der Waals surface area (Å²) in [5, 5.41) is 160. The van der Waals surface area contributed by atoms with Crippen LogP contribution in [0.1, 0.15) is 111 Å². The van der Waals surface area contributed by atoms with Crippen molar-refractivity contribution < 1.29 is 138 Å². The first-order valence-corrected chi connectivity index (χ1v) is 41.7. The number of likely N-dealkylation sites (N-methyl/N-ethyl adjacent to an activating group) is 1. The van der Waals surface area contributed by atoms with Gasteiger partial charge < -0.3 is 153 Å². The van der Waals surface area contributed by atoms with E-state index in [2.05, 4.69) is 42.5 Å². The minimum absolute atomic E-state index is 0.130. The Morgan fingerprint density at radius 1 is 0.661 bits per heavy atom. The summed E-state index contributed by atoms with van der Waals surface area (Å²) in [6.07, 6.45) is -29.1. The number of fused-ring (bicyclic) bond motifs is 15. The molecule has 6 aromatic carbocycles. The van der Waals surface area contributed by atoms with Gasteiger partial charge in [0.1, 0.15) is 120 Å². The van der Waals surface area contributed by atoms with Crippen molar-refractivity contribution in [2.24, 2.45) is 17.4 Å². The molecule has 11 bridgehead atoms. The molecular weight excluding hydrogens is 1730 g/mol. The summed E-state index contributed by atoms with van der Waals surface area (Å²) in [6, 6.07) is 4.08. The molecule has 3 fully saturated rings. The Kier molecular flexibility index (Phi) is 30.1. The number of amides is 7. The Balaban J connectivity index is 1.02. The van der Waals surface area contributed by atoms with E-state index in [4.69, 9.17) is 95.8 Å². The summed E-state index contributed by atoms with van der Waals surface area (Å²) >= 11 is 28.7. The van der Waals surface area contributed by atoms with Crippen LogP contribution in [-0.4, -0.2) is 251 Å². The van der Waals surface area contributed by atoms with Crippen LogP contribution >= 0.6 is 58.2 Å². The molecule has 124 heavy (non-hydrogen) atoms. The molecule has 670 valence electrons. The van der Waals surface area contributed by atoms with Crippen LogP contribution in [-0.2, 0) is 67.8 Å². The van der Waals surface area contributed by atoms with Gasteiger partial charge in [-0.25, -0.2) is 4.79 Å². The zero-order valence-corrected chi connectivity index (χ0v) is 70.5. The summed E-state index contributed by atoms with van der Waals surface area (Å²) in [4.78, 5) is 120. The van der Waals surface area contributed by atoms with Crippen LogP contribution in [0.25, 0.3) is 11.1 Å². The standard InChI is InChI=1S/C81H94Cl4N10O28S/c1-30(2)17-44(88-5)72(108)94-60-62(101)33-10-13-48(42(84)19-33)117-50-21-35-22-51(69(50)122-80-67(106)65(104)70(53(28-96)120-80)123-79-66(105)64(103)63(102)52(119-79)27-89-15-16-124-29-39-40(82)7-6-8-41(39)83)118-49-14-11-34(20-43(49)85)68(121-55-26-81(4,87)71(107)31(3)116-55)61-77(113)93-59(78(114)115)38-23-36(97)24-47(99)56(38)37-18-32(9-12-46(37)98)57(74(110)95-61)92-75(111)58(35)91-73(109)45(25-54(86)100)90-76(60)112/h6-14,18-24,30-31,44-45,52-53,55,57-68,70-71,79-80,88-89,96-99,101-107H,15-17,25-29,87H2,1-5H3,(H2,86,100)(H,90,112)(H,91,109)(H,92,111)(H,93,113)(H,94,108)(H,95,110)(H,114,115)/t31-,44+,45?,52+,53+,55-,57+,58+,59?,60?,61-,62+,63-,64-,65+,66+,67+,68+,70+,71-,79-,80-,81-/m0/s1. The molecule has 3 saturated heterocycles. The van der Waals surface area contributed by atoms with Crippen molar-refractivity contribution in [3.8, 4) is 57.1 Å². The number of nitrogens with one attached hydrogen (secondary N) is 8. The van der Waals surface area contributed by atoms with Crippen LogP contribution in [0.4, 0.5) is 0 Å². The number of carbonyl (C=O) groups is 8. The monoisotopic (exact) mass is 1830 g/mol. The average Bonchev–Trinajstić information content (AvgIpc) is 0.761. The lowest BCUT2D eigenvalue weighted by Gasteiger charge is -2.46. The number of aliphatic carboxylic acids is 1. The smallest absolute Gasteiger partial charge is 0.330 e. The lowest BCUT2D eigenvalue weighted by atomic mass is 9.86. The van der Waals surface area contributed by atoms with Gasteiger partial charge in [-0.2, -0.15) is 11.8 Å². The van der Waals surface area contributed by atoms with E-state index < -0.39 is 284 Å². The second-order valence-electron chi connectivity index (χ2n) is 31.3. The fourth-order valence-corrected chi connectivity index (χ4v) is 17.3. The van der Waals surface area contributed by atoms with Crippen molar-refractivity contribution in [3.63, 3.8) is 0 Å². The Bertz CT molecular complexity index is 4990. The van der Waals surface area contributed by atoms with Crippen LogP contribution in [0.3, 0.4) is 0 Å². The number of aliphatic hydroxyl groups is 8. The molecule has 0 spiro atoms. The van der Waals surface area contributed by atoms with E-state index in [0.717, 1.165) is 72.3 Å². The molecule has 8 aliphatic heterocycles. The zero-order chi connectivity index (χ0) is 89.9. The third kappa shape index (κ3) is 20.9. The molecule has 6 aromatic rings. The Morgan fingerprint density at radius 3 is 1.91 bits per heavy atom. The number of phenols is 3. The molecule has 38 nitrogen and oxygen atoms in total. The number of ether oxygens (including phenoxy) is 8. The number of hydrogen-bond donors (Lipinski definition) is 22. The SMILES string of the molecule is CN[C@H](CC(C)C)C(=O)NC1C(=O)NC(CC(N)=O)C(=O)N[C@H]2C(=O)N[C@H]3C(=O)N[C@H](C(=O)NC(C(=O)O)c4cc(O)cc(O)c4-c4cc3ccc4O)[C@H](O[C@H]3C[C@](C)(N)[C@@H](O)[C@H](C)O3)c3ccc(c(Cl)c3)Oc3cc2cc(c3O[C@@H]2O[C@H](CO)[C@@H](O[C@@H]3O[C@H](CNCCSCc4c(Cl)cccc4Cl)[C@H](O)[C@H](O)[C@H]3O)[C@H](O)[C@H]2O)Oc2ccc(cc2Cl)[C@H]1O. The molecule has 0 radical (unpaired) electrons. The molecule has 0 aliphatic carbocycles. The fourth-order valence-electron chi connectivity index (χ4n) is 15.2. The van der Waals surface area contributed by atoms with Crippen molar-refractivity contribution >= 4 is 105 Å². The van der Waals surface area contributed by atoms with Gasteiger partial charge in [0.15, 0.2) is 30.1 Å². The Hall–Kier alpha value is -9.25. The summed E-state index contributed by atoms with van der Waals surface area (Å²) in [6.45, 7) is 5.58. The lowest BCUT2D eigenvalue weighted by molar-refractivity contribution is -0.350. The van der Waals surface area contributed by atoms with Crippen LogP contribution in [0.15, 0.2) is 97.1 Å². The lowest BCUT2D eigenvalue weighted by Crippen LogP contribution is -2.65. The van der Waals surface area contributed by atoms with E-state index in [1.807, 2.05) is 0 Å². The van der Waals surface area contributed by atoms with E-state index in [9.17, 15) is 75.7 Å². The minimum Gasteiger partial charge on any atom is -0.508 e. The number of primary amides is 1. The van der Waals surface area contributed by atoms with Crippen molar-refractivity contribution in [1.82, 2.24) is 42.5 Å². The maximum absolute atomic E-state index is 16.4. The van der Waals surface area contributed by atoms with E-state index in [0.29, 0.717) is 28.1 Å². The van der Waals surface area contributed by atoms with E-state index >= 15 is 24.0 Å². The molecule has 23 atom stereocenters. The van der Waals surface area contributed by atoms with Crippen molar-refractivity contribution in [1.29, 1.82) is 0 Å². The topological polar surface area (TPSA) is 601 Å². The van der Waals surface area contributed by atoms with Gasteiger partial charge in [-0.3, -0.25) is 33.6 Å². The number of halogens is 4. The number of thioether (sulfide) groups is 1. The molecule has 0 aromatic heterocycles. The van der Waals surface area contributed by atoms with Crippen LogP contribution in [0.2, 0.25) is 20.1 Å². The molecule has 0 saturated carbocycles. The average molecular weight is 1830 g/mol. The first kappa shape index (κ1) is 93.9. The first-order chi connectivity index (χ1) is 58.7. The van der Waals surface area contributed by atoms with Crippen molar-refractivity contribution in [3.05, 3.63) is 151 Å². The quantitative estimate of drug-likeness (QED) is 0.0431. The number of phenolic OH excluding ortho intramolecular Hbond substituents is 3. The summed E-state index contributed by atoms with van der Waals surface area (Å²) < 4.78 is 51.1. The number of aliphatic hydroxyl groups excluding tert-OH is 8. The van der Waals surface area contributed by atoms with Crippen molar-refractivity contribution in [2.45, 2.75) is 193 Å². The van der Waals surface area contributed by atoms with E-state index in [1.54, 1.807) is 32.0 Å². The summed E-state index contributed by atoms with van der Waals surface area (Å²) in [7, 11) is 1.46.